The van der Waals surface area contributed by atoms with Crippen LogP contribution in [0, 0.1) is 0 Å². The molecule has 2 atom stereocenters. The summed E-state index contributed by atoms with van der Waals surface area (Å²) in [6.45, 7) is 3.87. The zero-order chi connectivity index (χ0) is 31.8. The van der Waals surface area contributed by atoms with E-state index in [9.17, 15) is 24.9 Å². The van der Waals surface area contributed by atoms with Crippen molar-refractivity contribution < 1.29 is 24.9 Å². The summed E-state index contributed by atoms with van der Waals surface area (Å²) in [5.74, 6) is -1.46. The van der Waals surface area contributed by atoms with Gasteiger partial charge in [0.2, 0.25) is 0 Å². The minimum atomic E-state index is -2.01. The fourth-order valence-corrected chi connectivity index (χ4v) is 7.99. The van der Waals surface area contributed by atoms with Gasteiger partial charge >= 0.3 is 0 Å². The van der Waals surface area contributed by atoms with Crippen LogP contribution >= 0.6 is 7.92 Å². The van der Waals surface area contributed by atoms with Gasteiger partial charge in [0.25, 0.3) is 0 Å². The molecule has 0 aromatic rings. The van der Waals surface area contributed by atoms with Crippen molar-refractivity contribution in [1.82, 2.24) is 0 Å². The van der Waals surface area contributed by atoms with Gasteiger partial charge in [-0.1, -0.05) is 181 Å². The Bertz CT molecular complexity index is 570. The summed E-state index contributed by atoms with van der Waals surface area (Å²) in [7, 11) is -2.01. The lowest BCUT2D eigenvalue weighted by atomic mass is 10.0. The van der Waals surface area contributed by atoms with Crippen molar-refractivity contribution in [2.75, 3.05) is 6.61 Å². The Morgan fingerprint density at radius 2 is 0.674 bits per heavy atom. The summed E-state index contributed by atoms with van der Waals surface area (Å²) in [6, 6.07) is 0. The van der Waals surface area contributed by atoms with Gasteiger partial charge in [-0.2, -0.15) is 0 Å². The molecule has 256 valence electrons. The number of carbonyl (C=O) groups excluding carboxylic acids is 2. The molecule has 3 N–H and O–H groups in total. The fraction of sp³-hybridized carbons (Fsp3) is 0.946. The first kappa shape index (κ1) is 42.6. The highest BCUT2D eigenvalue weighted by Gasteiger charge is 2.36. The van der Waals surface area contributed by atoms with E-state index in [0.29, 0.717) is 0 Å². The monoisotopic (exact) mass is 629 g/mol. The maximum absolute atomic E-state index is 13.0. The second-order valence-corrected chi connectivity index (χ2v) is 15.3. The first-order valence-corrected chi connectivity index (χ1v) is 20.2. The quantitative estimate of drug-likeness (QED) is 0.0479. The molecule has 6 heteroatoms. The third-order valence-corrected chi connectivity index (χ3v) is 11.2. The average molecular weight is 629 g/mol. The van der Waals surface area contributed by atoms with Crippen LogP contribution in [0.3, 0.4) is 0 Å². The van der Waals surface area contributed by atoms with E-state index >= 15 is 0 Å². The number of rotatable bonds is 35. The smallest absolute Gasteiger partial charge is 0.164 e. The van der Waals surface area contributed by atoms with Crippen LogP contribution in [0.5, 0.6) is 0 Å². The lowest BCUT2D eigenvalue weighted by Gasteiger charge is -2.24. The number of carbonyl (C=O) groups is 2. The van der Waals surface area contributed by atoms with E-state index in [1.807, 2.05) is 0 Å². The van der Waals surface area contributed by atoms with Gasteiger partial charge in [-0.05, 0) is 12.8 Å². The van der Waals surface area contributed by atoms with Crippen LogP contribution < -0.4 is 0 Å². The van der Waals surface area contributed by atoms with Gasteiger partial charge in [0.1, 0.15) is 11.9 Å². The summed E-state index contributed by atoms with van der Waals surface area (Å²) in [6.07, 6.45) is 33.8. The topological polar surface area (TPSA) is 94.8 Å². The summed E-state index contributed by atoms with van der Waals surface area (Å²) < 4.78 is 0. The van der Waals surface area contributed by atoms with Gasteiger partial charge in [0.15, 0.2) is 11.0 Å². The molecule has 0 radical (unpaired) electrons. The van der Waals surface area contributed by atoms with Gasteiger partial charge in [0.05, 0.1) is 14.5 Å². The molecule has 0 amide bonds. The highest BCUT2D eigenvalue weighted by Crippen LogP contribution is 2.46. The zero-order valence-corrected chi connectivity index (χ0v) is 29.6. The Morgan fingerprint density at radius 1 is 0.442 bits per heavy atom. The molecule has 0 aliphatic carbocycles. The molecule has 0 fully saturated rings. The molecule has 0 bridgehead atoms. The van der Waals surface area contributed by atoms with Gasteiger partial charge in [-0.3, -0.25) is 9.59 Å². The average Bonchev–Trinajstić information content (AvgIpc) is 3.00. The van der Waals surface area contributed by atoms with Crippen LogP contribution in [0.25, 0.3) is 0 Å². The molecule has 0 heterocycles. The molecular weight excluding hydrogens is 555 g/mol. The van der Waals surface area contributed by atoms with Crippen molar-refractivity contribution in [2.45, 2.75) is 218 Å². The first-order chi connectivity index (χ1) is 21.0. The van der Waals surface area contributed by atoms with Gasteiger partial charge in [-0.15, -0.1) is 0 Å². The lowest BCUT2D eigenvalue weighted by Crippen LogP contribution is -2.31. The lowest BCUT2D eigenvalue weighted by molar-refractivity contribution is -0.115. The van der Waals surface area contributed by atoms with Crippen molar-refractivity contribution in [2.24, 2.45) is 0 Å². The molecule has 43 heavy (non-hydrogen) atoms. The molecule has 5 nitrogen and oxygen atoms in total. The summed E-state index contributed by atoms with van der Waals surface area (Å²) in [5.41, 5.74) is -0.436. The Morgan fingerprint density at radius 3 is 0.907 bits per heavy atom. The molecule has 0 aromatic heterocycles. The minimum absolute atomic E-state index is 0.218. The molecule has 2 unspecified atom stereocenters. The maximum Gasteiger partial charge on any atom is 0.164 e. The van der Waals surface area contributed by atoms with E-state index in [0.717, 1.165) is 38.5 Å². The molecule has 0 rings (SSSR count). The Labute approximate surface area is 268 Å². The SMILES string of the molecule is CCCCCCCCCCCCCCCCC(=O)P(C(=O)CCCCCCCCCCCCCCCC)C(O)C(O)CO. The molecule has 0 saturated carbocycles. The molecule has 0 spiro atoms. The van der Waals surface area contributed by atoms with Crippen LogP contribution in [0.4, 0.5) is 0 Å². The van der Waals surface area contributed by atoms with Crippen LogP contribution in [0.1, 0.15) is 206 Å². The number of aliphatic hydroxyl groups is 3. The molecule has 0 aliphatic rings. The predicted octanol–water partition coefficient (Wildman–Crippen LogP) is 10.9. The van der Waals surface area contributed by atoms with Gasteiger partial charge in [-0.25, -0.2) is 0 Å². The van der Waals surface area contributed by atoms with Gasteiger partial charge in [0, 0.05) is 12.8 Å². The molecule has 0 aromatic carbocycles. The Hall–Kier alpha value is -0.350. The number of unbranched alkanes of at least 4 members (excludes halogenated alkanes) is 26. The third-order valence-electron chi connectivity index (χ3n) is 8.82. The maximum atomic E-state index is 13.0. The summed E-state index contributed by atoms with van der Waals surface area (Å²) in [4.78, 5) is 25.9. The van der Waals surface area contributed by atoms with Crippen molar-refractivity contribution in [1.29, 1.82) is 0 Å². The van der Waals surface area contributed by atoms with Gasteiger partial charge < -0.3 is 15.3 Å². The first-order valence-electron chi connectivity index (χ1n) is 18.8. The second kappa shape index (κ2) is 33.0. The molecule has 0 aliphatic heterocycles. The largest absolute Gasteiger partial charge is 0.394 e. The van der Waals surface area contributed by atoms with Crippen LogP contribution in [0.15, 0.2) is 0 Å². The third kappa shape index (κ3) is 26.6. The van der Waals surface area contributed by atoms with Crippen molar-refractivity contribution in [3.05, 3.63) is 0 Å². The van der Waals surface area contributed by atoms with Crippen molar-refractivity contribution in [3.8, 4) is 0 Å². The number of aliphatic hydroxyl groups excluding tert-OH is 3. The summed E-state index contributed by atoms with van der Waals surface area (Å²) >= 11 is 0. The van der Waals surface area contributed by atoms with E-state index in [-0.39, 0.29) is 23.9 Å². The predicted molar refractivity (Wildman–Crippen MR) is 186 cm³/mol. The van der Waals surface area contributed by atoms with Crippen molar-refractivity contribution in [3.63, 3.8) is 0 Å². The highest BCUT2D eigenvalue weighted by atomic mass is 31.1. The zero-order valence-electron chi connectivity index (χ0n) is 28.7. The fourth-order valence-electron chi connectivity index (χ4n) is 5.88. The minimum Gasteiger partial charge on any atom is -0.394 e. The standard InChI is InChI=1S/C37H73O5P/c1-3-5-7-9-11-13-15-17-19-21-23-25-27-29-31-35(40)43(37(42)34(39)33-38)36(41)32-30-28-26-24-22-20-18-16-14-12-10-8-6-4-2/h34,37-39,42H,3-33H2,1-2H3. The van der Waals surface area contributed by atoms with E-state index < -0.39 is 26.5 Å². The number of hydrogen-bond acceptors (Lipinski definition) is 5. The normalized spacial score (nSPS) is 13.1. The highest BCUT2D eigenvalue weighted by molar-refractivity contribution is 7.89. The Kier molecular flexibility index (Phi) is 32.8. The number of hydrogen-bond donors (Lipinski definition) is 3. The van der Waals surface area contributed by atoms with E-state index in [1.54, 1.807) is 0 Å². The van der Waals surface area contributed by atoms with E-state index in [4.69, 9.17) is 0 Å². The van der Waals surface area contributed by atoms with E-state index in [2.05, 4.69) is 13.8 Å². The van der Waals surface area contributed by atoms with Crippen LogP contribution in [0.2, 0.25) is 0 Å². The molecular formula is C37H73O5P. The second-order valence-electron chi connectivity index (χ2n) is 13.0. The van der Waals surface area contributed by atoms with Crippen molar-refractivity contribution >= 4 is 19.0 Å². The van der Waals surface area contributed by atoms with E-state index in [1.165, 1.54) is 141 Å². The summed E-state index contributed by atoms with van der Waals surface area (Å²) in [5, 5.41) is 29.8. The van der Waals surface area contributed by atoms with Crippen LogP contribution in [-0.2, 0) is 9.59 Å². The van der Waals surface area contributed by atoms with Crippen LogP contribution in [-0.4, -0.2) is 44.9 Å². The molecule has 0 saturated heterocycles. The Balaban J connectivity index is 4.02.